The van der Waals surface area contributed by atoms with Gasteiger partial charge in [-0.1, -0.05) is 30.7 Å². The van der Waals surface area contributed by atoms with Crippen molar-refractivity contribution < 1.29 is 13.2 Å². The van der Waals surface area contributed by atoms with E-state index in [1.165, 1.54) is 30.7 Å². The first-order chi connectivity index (χ1) is 14.1. The lowest BCUT2D eigenvalue weighted by molar-refractivity contribution is -0.137. The molecule has 0 bridgehead atoms. The Kier molecular flexibility index (Phi) is 7.14. The summed E-state index contributed by atoms with van der Waals surface area (Å²) < 4.78 is 39.1. The van der Waals surface area contributed by atoms with E-state index < -0.39 is 11.7 Å². The van der Waals surface area contributed by atoms with E-state index in [0.717, 1.165) is 30.6 Å². The van der Waals surface area contributed by atoms with Crippen LogP contribution in [0, 0.1) is 5.92 Å². The van der Waals surface area contributed by atoms with E-state index in [9.17, 15) is 13.2 Å². The van der Waals surface area contributed by atoms with Gasteiger partial charge in [-0.25, -0.2) is 0 Å². The Hall–Kier alpha value is -1.99. The molecule has 162 valence electrons. The molecule has 1 heterocycles. The maximum Gasteiger partial charge on any atom is 0.417 e. The van der Waals surface area contributed by atoms with Gasteiger partial charge in [-0.2, -0.15) is 13.2 Å². The van der Waals surface area contributed by atoms with Crippen molar-refractivity contribution in [1.29, 1.82) is 0 Å². The van der Waals surface area contributed by atoms with Crippen LogP contribution >= 0.6 is 23.8 Å². The third-order valence-corrected chi connectivity index (χ3v) is 5.97. The second-order valence-electron chi connectivity index (χ2n) is 7.77. The molecule has 1 saturated heterocycles. The fourth-order valence-electron chi connectivity index (χ4n) is 3.51. The quantitative estimate of drug-likeness (QED) is 0.505. The van der Waals surface area contributed by atoms with Crippen LogP contribution in [0.25, 0.3) is 0 Å². The molecule has 0 aromatic heterocycles. The van der Waals surface area contributed by atoms with Crippen LogP contribution in [-0.2, 0) is 6.18 Å². The van der Waals surface area contributed by atoms with Crippen LogP contribution < -0.4 is 15.5 Å². The molecule has 2 N–H and O–H groups in total. The van der Waals surface area contributed by atoms with Crippen molar-refractivity contribution in [1.82, 2.24) is 5.32 Å². The Morgan fingerprint density at radius 2 is 1.77 bits per heavy atom. The summed E-state index contributed by atoms with van der Waals surface area (Å²) in [5, 5.41) is 5.82. The van der Waals surface area contributed by atoms with Crippen molar-refractivity contribution in [3.63, 3.8) is 0 Å². The first kappa shape index (κ1) is 22.7. The van der Waals surface area contributed by atoms with Gasteiger partial charge in [0.05, 0.1) is 16.6 Å². The number of hydrogen-bond acceptors (Lipinski definition) is 2. The Morgan fingerprint density at radius 3 is 2.37 bits per heavy atom. The second-order valence-corrected chi connectivity index (χ2v) is 8.59. The van der Waals surface area contributed by atoms with Gasteiger partial charge in [0, 0.05) is 24.5 Å². The van der Waals surface area contributed by atoms with Crippen LogP contribution in [-0.4, -0.2) is 18.2 Å². The van der Waals surface area contributed by atoms with E-state index in [1.807, 2.05) is 6.92 Å². The number of nitrogens with one attached hydrogen (secondary N) is 2. The van der Waals surface area contributed by atoms with Crippen molar-refractivity contribution in [3.8, 4) is 0 Å². The van der Waals surface area contributed by atoms with Crippen LogP contribution in [0.1, 0.15) is 43.9 Å². The lowest BCUT2D eigenvalue weighted by Gasteiger charge is -2.32. The average molecular weight is 456 g/mol. The minimum absolute atomic E-state index is 0.102. The average Bonchev–Trinajstić information content (AvgIpc) is 2.69. The third-order valence-electron chi connectivity index (χ3n) is 5.42. The van der Waals surface area contributed by atoms with E-state index in [2.05, 4.69) is 46.7 Å². The smallest absolute Gasteiger partial charge is 0.372 e. The predicted octanol–water partition coefficient (Wildman–Crippen LogP) is 6.64. The van der Waals surface area contributed by atoms with Gasteiger partial charge < -0.3 is 15.5 Å². The molecule has 8 heteroatoms. The van der Waals surface area contributed by atoms with Gasteiger partial charge in [-0.15, -0.1) is 0 Å². The molecule has 2 aromatic rings. The molecule has 1 atom stereocenters. The number of rotatable bonds is 4. The highest BCUT2D eigenvalue weighted by atomic mass is 35.5. The molecule has 2 aromatic carbocycles. The SMILES string of the molecule is CC1CCN(c2ccc([C@H](C)NC(=S)Nc3ccc(Cl)c(C(F)(F)F)c3)cc2)CC1. The Labute approximate surface area is 185 Å². The monoisotopic (exact) mass is 455 g/mol. The lowest BCUT2D eigenvalue weighted by atomic mass is 9.98. The highest BCUT2D eigenvalue weighted by Crippen LogP contribution is 2.36. The molecule has 1 fully saturated rings. The minimum Gasteiger partial charge on any atom is -0.372 e. The van der Waals surface area contributed by atoms with Crippen LogP contribution in [0.5, 0.6) is 0 Å². The molecule has 1 aliphatic heterocycles. The zero-order valence-corrected chi connectivity index (χ0v) is 18.5. The maximum absolute atomic E-state index is 13.0. The summed E-state index contributed by atoms with van der Waals surface area (Å²) in [5.41, 5.74) is 1.58. The summed E-state index contributed by atoms with van der Waals surface area (Å²) in [4.78, 5) is 2.40. The summed E-state index contributed by atoms with van der Waals surface area (Å²) in [6, 6.07) is 11.8. The van der Waals surface area contributed by atoms with Gasteiger partial charge in [0.1, 0.15) is 0 Å². The zero-order chi connectivity index (χ0) is 21.9. The number of anilines is 2. The van der Waals surface area contributed by atoms with E-state index >= 15 is 0 Å². The van der Waals surface area contributed by atoms with Gasteiger partial charge in [0.2, 0.25) is 0 Å². The molecule has 0 unspecified atom stereocenters. The number of benzene rings is 2. The number of piperidine rings is 1. The minimum atomic E-state index is -4.52. The number of halogens is 4. The molecule has 3 nitrogen and oxygen atoms in total. The lowest BCUT2D eigenvalue weighted by Crippen LogP contribution is -2.33. The Balaban J connectivity index is 1.59. The van der Waals surface area contributed by atoms with Crippen LogP contribution in [0.3, 0.4) is 0 Å². The Bertz CT molecular complexity index is 878. The molecule has 3 rings (SSSR count). The Morgan fingerprint density at radius 1 is 1.13 bits per heavy atom. The molecule has 30 heavy (non-hydrogen) atoms. The number of nitrogens with zero attached hydrogens (tertiary/aromatic N) is 1. The van der Waals surface area contributed by atoms with Crippen LogP contribution in [0.4, 0.5) is 24.5 Å². The van der Waals surface area contributed by atoms with Crippen molar-refractivity contribution in [2.75, 3.05) is 23.3 Å². The molecule has 0 amide bonds. The zero-order valence-electron chi connectivity index (χ0n) is 16.9. The molecular weight excluding hydrogens is 431 g/mol. The fraction of sp³-hybridized carbons (Fsp3) is 0.409. The van der Waals surface area contributed by atoms with Gasteiger partial charge >= 0.3 is 6.18 Å². The third kappa shape index (κ3) is 5.79. The van der Waals surface area contributed by atoms with Crippen molar-refractivity contribution in [2.45, 2.75) is 38.9 Å². The first-order valence-electron chi connectivity index (χ1n) is 9.92. The number of alkyl halides is 3. The normalized spacial score (nSPS) is 16.3. The standard InChI is InChI=1S/C22H25ClF3N3S/c1-14-9-11-29(12-10-14)18-6-3-16(4-7-18)15(2)27-21(30)28-17-5-8-20(23)19(13-17)22(24,25)26/h3-8,13-15H,9-12H2,1-2H3,(H2,27,28,30)/t15-/m0/s1. The number of hydrogen-bond donors (Lipinski definition) is 2. The van der Waals surface area contributed by atoms with E-state index in [-0.39, 0.29) is 21.9 Å². The highest BCUT2D eigenvalue weighted by molar-refractivity contribution is 7.80. The molecule has 0 radical (unpaired) electrons. The van der Waals surface area contributed by atoms with Crippen molar-refractivity contribution in [2.24, 2.45) is 5.92 Å². The van der Waals surface area contributed by atoms with Gasteiger partial charge in [0.15, 0.2) is 5.11 Å². The summed E-state index contributed by atoms with van der Waals surface area (Å²) in [6.07, 6.45) is -2.11. The van der Waals surface area contributed by atoms with Gasteiger partial charge in [0.25, 0.3) is 0 Å². The van der Waals surface area contributed by atoms with Gasteiger partial charge in [-0.3, -0.25) is 0 Å². The largest absolute Gasteiger partial charge is 0.417 e. The summed E-state index contributed by atoms with van der Waals surface area (Å²) in [5.74, 6) is 0.783. The second kappa shape index (κ2) is 9.43. The van der Waals surface area contributed by atoms with Crippen LogP contribution in [0.2, 0.25) is 5.02 Å². The summed E-state index contributed by atoms with van der Waals surface area (Å²) in [6.45, 7) is 6.39. The molecule has 1 aliphatic rings. The van der Waals surface area contributed by atoms with Crippen LogP contribution in [0.15, 0.2) is 42.5 Å². The van der Waals surface area contributed by atoms with E-state index in [1.54, 1.807) is 0 Å². The first-order valence-corrected chi connectivity index (χ1v) is 10.7. The molecule has 0 aliphatic carbocycles. The van der Waals surface area contributed by atoms with E-state index in [0.29, 0.717) is 0 Å². The fourth-order valence-corrected chi connectivity index (χ4v) is 4.03. The highest BCUT2D eigenvalue weighted by Gasteiger charge is 2.33. The topological polar surface area (TPSA) is 27.3 Å². The molecule has 0 spiro atoms. The summed E-state index contributed by atoms with van der Waals surface area (Å²) in [7, 11) is 0. The van der Waals surface area contributed by atoms with Gasteiger partial charge in [-0.05, 0) is 73.8 Å². The summed E-state index contributed by atoms with van der Waals surface area (Å²) >= 11 is 10.9. The van der Waals surface area contributed by atoms with Crippen molar-refractivity contribution >= 4 is 40.3 Å². The number of thiocarbonyl (C=S) groups is 1. The maximum atomic E-state index is 13.0. The molecule has 0 saturated carbocycles. The predicted molar refractivity (Wildman–Crippen MR) is 121 cm³/mol. The molecular formula is C22H25ClF3N3S. The van der Waals surface area contributed by atoms with Crippen molar-refractivity contribution in [3.05, 3.63) is 58.6 Å². The van der Waals surface area contributed by atoms with E-state index in [4.69, 9.17) is 23.8 Å².